The lowest BCUT2D eigenvalue weighted by Gasteiger charge is -2.32. The maximum Gasteiger partial charge on any atom is 0.230 e. The molecular formula is C27H33N5O3. The molecule has 1 saturated heterocycles. The fourth-order valence-corrected chi connectivity index (χ4v) is 5.03. The van der Waals surface area contributed by atoms with Gasteiger partial charge in [-0.2, -0.15) is 5.10 Å². The van der Waals surface area contributed by atoms with Gasteiger partial charge in [0, 0.05) is 37.9 Å². The first-order chi connectivity index (χ1) is 17.2. The Bertz CT molecular complexity index is 1130. The van der Waals surface area contributed by atoms with Crippen molar-refractivity contribution in [3.05, 3.63) is 65.5 Å². The topological polar surface area (TPSA) is 83.6 Å². The largest absolute Gasteiger partial charge is 0.491 e. The van der Waals surface area contributed by atoms with Gasteiger partial charge in [0.15, 0.2) is 5.82 Å². The van der Waals surface area contributed by atoms with Crippen molar-refractivity contribution in [1.82, 2.24) is 25.0 Å². The zero-order valence-electron chi connectivity index (χ0n) is 20.3. The van der Waals surface area contributed by atoms with E-state index in [1.165, 1.54) is 18.4 Å². The number of rotatable bonds is 7. The van der Waals surface area contributed by atoms with Crippen LogP contribution in [-0.4, -0.2) is 70.8 Å². The van der Waals surface area contributed by atoms with Gasteiger partial charge < -0.3 is 14.4 Å². The highest BCUT2D eigenvalue weighted by atomic mass is 16.5. The van der Waals surface area contributed by atoms with Gasteiger partial charge in [-0.1, -0.05) is 36.4 Å². The lowest BCUT2D eigenvalue weighted by atomic mass is 9.98. The van der Waals surface area contributed by atoms with Crippen LogP contribution in [0.4, 0.5) is 0 Å². The second-order valence-corrected chi connectivity index (χ2v) is 9.45. The highest BCUT2D eigenvalue weighted by Gasteiger charge is 2.23. The number of nitrogens with zero attached hydrogens (tertiary/aromatic N) is 4. The lowest BCUT2D eigenvalue weighted by Crippen LogP contribution is -2.36. The molecule has 0 bridgehead atoms. The number of fused-ring (bicyclic) bond motifs is 1. The Hall–Kier alpha value is -3.23. The van der Waals surface area contributed by atoms with Crippen molar-refractivity contribution < 1.29 is 14.3 Å². The maximum atomic E-state index is 13.1. The predicted octanol–water partition coefficient (Wildman–Crippen LogP) is 3.29. The first kappa shape index (κ1) is 23.5. The molecule has 35 heavy (non-hydrogen) atoms. The zero-order valence-corrected chi connectivity index (χ0v) is 20.3. The van der Waals surface area contributed by atoms with E-state index in [4.69, 9.17) is 9.47 Å². The van der Waals surface area contributed by atoms with E-state index in [2.05, 4.69) is 38.3 Å². The average Bonchev–Trinajstić information content (AvgIpc) is 3.23. The number of nitrogens with one attached hydrogen (secondary N) is 1. The number of benzene rings is 2. The van der Waals surface area contributed by atoms with Gasteiger partial charge in [0.05, 0.1) is 19.6 Å². The molecule has 0 aliphatic carbocycles. The minimum Gasteiger partial charge on any atom is -0.491 e. The molecule has 3 heterocycles. The van der Waals surface area contributed by atoms with Crippen LogP contribution < -0.4 is 4.74 Å². The summed E-state index contributed by atoms with van der Waals surface area (Å²) in [4.78, 5) is 22.0. The van der Waals surface area contributed by atoms with Crippen LogP contribution in [0, 0.1) is 5.92 Å². The number of ether oxygens (including phenoxy) is 2. The maximum absolute atomic E-state index is 13.1. The highest BCUT2D eigenvalue weighted by Crippen LogP contribution is 2.26. The van der Waals surface area contributed by atoms with Crippen LogP contribution in [0.15, 0.2) is 48.5 Å². The number of aromatic nitrogens is 3. The van der Waals surface area contributed by atoms with E-state index in [-0.39, 0.29) is 12.3 Å². The molecule has 2 aliphatic rings. The number of carbonyl (C=O) groups is 1. The number of hydrogen-bond donors (Lipinski definition) is 1. The third kappa shape index (κ3) is 5.89. The molecule has 1 N–H and O–H groups in total. The molecule has 8 heteroatoms. The second-order valence-electron chi connectivity index (χ2n) is 9.45. The minimum absolute atomic E-state index is 0.0149. The van der Waals surface area contributed by atoms with Crippen LogP contribution >= 0.6 is 0 Å². The third-order valence-electron chi connectivity index (χ3n) is 6.75. The molecule has 1 aromatic heterocycles. The number of amides is 1. The summed E-state index contributed by atoms with van der Waals surface area (Å²) in [6.07, 6.45) is 2.62. The Morgan fingerprint density at radius 2 is 2.09 bits per heavy atom. The SMILES string of the molecule is COC[C@@H]1CCCN(Cc2ccc3c(c2)CN(C(=O)Cc2nc(-c4ccccc4)n[nH]2)CCO3)C1. The fraction of sp³-hybridized carbons (Fsp3) is 0.444. The Balaban J connectivity index is 1.23. The predicted molar refractivity (Wildman–Crippen MR) is 133 cm³/mol. The number of likely N-dealkylation sites (tertiary alicyclic amines) is 1. The number of carbonyl (C=O) groups excluding carboxylic acids is 1. The van der Waals surface area contributed by atoms with E-state index in [0.717, 1.165) is 43.1 Å². The summed E-state index contributed by atoms with van der Waals surface area (Å²) < 4.78 is 11.4. The summed E-state index contributed by atoms with van der Waals surface area (Å²) in [5.41, 5.74) is 3.23. The van der Waals surface area contributed by atoms with Gasteiger partial charge in [-0.15, -0.1) is 0 Å². The summed E-state index contributed by atoms with van der Waals surface area (Å²) in [5, 5.41) is 7.20. The summed E-state index contributed by atoms with van der Waals surface area (Å²) in [6, 6.07) is 16.2. The van der Waals surface area contributed by atoms with E-state index < -0.39 is 0 Å². The van der Waals surface area contributed by atoms with Gasteiger partial charge in [-0.05, 0) is 43.0 Å². The molecule has 3 aromatic rings. The molecular weight excluding hydrogens is 442 g/mol. The van der Waals surface area contributed by atoms with Gasteiger partial charge in [-0.3, -0.25) is 14.8 Å². The molecule has 8 nitrogen and oxygen atoms in total. The van der Waals surface area contributed by atoms with Crippen molar-refractivity contribution in [3.63, 3.8) is 0 Å². The number of aromatic amines is 1. The van der Waals surface area contributed by atoms with Crippen LogP contribution in [0.2, 0.25) is 0 Å². The Labute approximate surface area is 206 Å². The molecule has 0 spiro atoms. The fourth-order valence-electron chi connectivity index (χ4n) is 5.03. The zero-order chi connectivity index (χ0) is 24.0. The molecule has 184 valence electrons. The van der Waals surface area contributed by atoms with Crippen LogP contribution in [0.3, 0.4) is 0 Å². The molecule has 1 fully saturated rings. The Morgan fingerprint density at radius 3 is 2.94 bits per heavy atom. The molecule has 2 aromatic carbocycles. The minimum atomic E-state index is 0.0149. The molecule has 2 aliphatic heterocycles. The van der Waals surface area contributed by atoms with Gasteiger partial charge in [0.25, 0.3) is 0 Å². The van der Waals surface area contributed by atoms with Gasteiger partial charge in [-0.25, -0.2) is 4.98 Å². The highest BCUT2D eigenvalue weighted by molar-refractivity contribution is 5.78. The van der Waals surface area contributed by atoms with E-state index in [0.29, 0.717) is 37.3 Å². The average molecular weight is 476 g/mol. The Kier molecular flexibility index (Phi) is 7.39. The summed E-state index contributed by atoms with van der Waals surface area (Å²) >= 11 is 0. The van der Waals surface area contributed by atoms with Crippen molar-refractivity contribution in [2.24, 2.45) is 5.92 Å². The number of H-pyrrole nitrogens is 1. The van der Waals surface area contributed by atoms with Crippen molar-refractivity contribution in [1.29, 1.82) is 0 Å². The first-order valence-corrected chi connectivity index (χ1v) is 12.4. The third-order valence-corrected chi connectivity index (χ3v) is 6.75. The number of hydrogen-bond acceptors (Lipinski definition) is 6. The quantitative estimate of drug-likeness (QED) is 0.565. The molecule has 1 amide bonds. The molecule has 0 saturated carbocycles. The van der Waals surface area contributed by atoms with E-state index in [1.807, 2.05) is 35.2 Å². The first-order valence-electron chi connectivity index (χ1n) is 12.4. The summed E-state index contributed by atoms with van der Waals surface area (Å²) in [5.74, 6) is 2.66. The van der Waals surface area contributed by atoms with Crippen molar-refractivity contribution >= 4 is 5.91 Å². The van der Waals surface area contributed by atoms with Gasteiger partial charge >= 0.3 is 0 Å². The molecule has 0 unspecified atom stereocenters. The lowest BCUT2D eigenvalue weighted by molar-refractivity contribution is -0.131. The number of methoxy groups -OCH3 is 1. The van der Waals surface area contributed by atoms with Crippen molar-refractivity contribution in [2.75, 3.05) is 40.0 Å². The molecule has 1 atom stereocenters. The van der Waals surface area contributed by atoms with Crippen molar-refractivity contribution in [2.45, 2.75) is 32.4 Å². The van der Waals surface area contributed by atoms with Crippen LogP contribution in [0.5, 0.6) is 5.75 Å². The van der Waals surface area contributed by atoms with E-state index >= 15 is 0 Å². The molecule has 0 radical (unpaired) electrons. The van der Waals surface area contributed by atoms with Crippen LogP contribution in [-0.2, 0) is 29.0 Å². The van der Waals surface area contributed by atoms with Gasteiger partial charge in [0.1, 0.15) is 18.2 Å². The smallest absolute Gasteiger partial charge is 0.230 e. The second kappa shape index (κ2) is 11.0. The van der Waals surface area contributed by atoms with E-state index in [9.17, 15) is 4.79 Å². The van der Waals surface area contributed by atoms with Gasteiger partial charge in [0.2, 0.25) is 5.91 Å². The Morgan fingerprint density at radius 1 is 1.20 bits per heavy atom. The van der Waals surface area contributed by atoms with Crippen LogP contribution in [0.25, 0.3) is 11.4 Å². The standard InChI is InChI=1S/C27H33N5O3/c1-34-19-21-6-5-11-31(17-21)16-20-9-10-24-23(14-20)18-32(12-13-35-24)26(33)15-25-28-27(30-29-25)22-7-3-2-4-8-22/h2-4,7-10,14,21H,5-6,11-13,15-19H2,1H3,(H,28,29,30)/t21-/m1/s1. The summed E-state index contributed by atoms with van der Waals surface area (Å²) in [7, 11) is 1.78. The summed E-state index contributed by atoms with van der Waals surface area (Å²) in [6.45, 7) is 5.47. The monoisotopic (exact) mass is 475 g/mol. The van der Waals surface area contributed by atoms with Crippen LogP contribution in [0.1, 0.15) is 29.8 Å². The number of piperidine rings is 1. The normalized spacial score (nSPS) is 18.5. The molecule has 5 rings (SSSR count). The van der Waals surface area contributed by atoms with Crippen molar-refractivity contribution in [3.8, 4) is 17.1 Å². The van der Waals surface area contributed by atoms with E-state index in [1.54, 1.807) is 7.11 Å².